The van der Waals surface area contributed by atoms with Crippen LogP contribution in [-0.4, -0.2) is 23.7 Å². The Hall–Kier alpha value is -2.04. The Morgan fingerprint density at radius 2 is 2.00 bits per heavy atom. The predicted molar refractivity (Wildman–Crippen MR) is 100 cm³/mol. The Kier molecular flexibility index (Phi) is 4.88. The number of ether oxygens (including phenoxy) is 1. The molecule has 0 aromatic heterocycles. The van der Waals surface area contributed by atoms with Gasteiger partial charge in [0, 0.05) is 11.4 Å². The first-order valence-corrected chi connectivity index (χ1v) is 9.44. The van der Waals surface area contributed by atoms with Crippen LogP contribution >= 0.6 is 11.6 Å². The van der Waals surface area contributed by atoms with Crippen molar-refractivity contribution in [3.63, 3.8) is 0 Å². The first-order chi connectivity index (χ1) is 12.6. The molecule has 1 unspecified atom stereocenters. The van der Waals surface area contributed by atoms with E-state index in [1.807, 2.05) is 24.3 Å². The van der Waals surface area contributed by atoms with Gasteiger partial charge in [-0.2, -0.15) is 0 Å². The highest BCUT2D eigenvalue weighted by molar-refractivity contribution is 6.30. The molecule has 4 nitrogen and oxygen atoms in total. The molecular formula is C21H22ClNO3. The van der Waals surface area contributed by atoms with Crippen LogP contribution in [0.5, 0.6) is 5.75 Å². The second-order valence-electron chi connectivity index (χ2n) is 7.20. The summed E-state index contributed by atoms with van der Waals surface area (Å²) in [4.78, 5) is 12.6. The molecule has 2 aromatic carbocycles. The van der Waals surface area contributed by atoms with Gasteiger partial charge in [-0.3, -0.25) is 4.79 Å². The molecule has 0 radical (unpaired) electrons. The van der Waals surface area contributed by atoms with Crippen molar-refractivity contribution in [3.8, 4) is 5.75 Å². The highest BCUT2D eigenvalue weighted by atomic mass is 35.5. The van der Waals surface area contributed by atoms with Gasteiger partial charge in [-0.05, 0) is 59.7 Å². The maximum absolute atomic E-state index is 12.6. The average molecular weight is 372 g/mol. The van der Waals surface area contributed by atoms with E-state index in [9.17, 15) is 9.90 Å². The Bertz CT molecular complexity index is 799. The smallest absolute Gasteiger partial charge is 0.224 e. The minimum Gasteiger partial charge on any atom is -0.493 e. The molecule has 1 amide bonds. The van der Waals surface area contributed by atoms with Crippen LogP contribution in [0.3, 0.4) is 0 Å². The number of hydrogen-bond acceptors (Lipinski definition) is 3. The maximum Gasteiger partial charge on any atom is 0.224 e. The summed E-state index contributed by atoms with van der Waals surface area (Å²) in [6.45, 7) is 0.717. The van der Waals surface area contributed by atoms with Crippen molar-refractivity contribution in [2.24, 2.45) is 5.92 Å². The number of aliphatic hydroxyl groups is 1. The zero-order valence-corrected chi connectivity index (χ0v) is 15.2. The first-order valence-electron chi connectivity index (χ1n) is 9.06. The number of carbonyl (C=O) groups excluding carboxylic acids is 1. The number of halogens is 1. The SMILES string of the molecule is O=C(Cc1ccc(Cl)cc1)NC(c1ccc2c(c1)CCO2)C1CC(O)C1. The zero-order chi connectivity index (χ0) is 18.1. The number of fused-ring (bicyclic) bond motifs is 1. The molecule has 0 spiro atoms. The molecule has 136 valence electrons. The van der Waals surface area contributed by atoms with Crippen LogP contribution in [0, 0.1) is 5.92 Å². The molecule has 1 aliphatic carbocycles. The summed E-state index contributed by atoms with van der Waals surface area (Å²) in [7, 11) is 0. The minimum absolute atomic E-state index is 0.0181. The van der Waals surface area contributed by atoms with Crippen LogP contribution in [-0.2, 0) is 17.6 Å². The molecule has 26 heavy (non-hydrogen) atoms. The Morgan fingerprint density at radius 1 is 1.23 bits per heavy atom. The predicted octanol–water partition coefficient (Wildman–Crippen LogP) is 3.45. The van der Waals surface area contributed by atoms with Crippen LogP contribution in [0.4, 0.5) is 0 Å². The van der Waals surface area contributed by atoms with Crippen LogP contribution in [0.15, 0.2) is 42.5 Å². The van der Waals surface area contributed by atoms with Gasteiger partial charge in [0.2, 0.25) is 5.91 Å². The third kappa shape index (κ3) is 3.71. The van der Waals surface area contributed by atoms with Crippen molar-refractivity contribution in [1.82, 2.24) is 5.32 Å². The van der Waals surface area contributed by atoms with Gasteiger partial charge in [0.05, 0.1) is 25.2 Å². The van der Waals surface area contributed by atoms with Crippen LogP contribution in [0.25, 0.3) is 0 Å². The van der Waals surface area contributed by atoms with E-state index in [1.54, 1.807) is 12.1 Å². The summed E-state index contributed by atoms with van der Waals surface area (Å²) in [6.07, 6.45) is 2.41. The van der Waals surface area contributed by atoms with E-state index >= 15 is 0 Å². The van der Waals surface area contributed by atoms with Crippen LogP contribution < -0.4 is 10.1 Å². The van der Waals surface area contributed by atoms with Gasteiger partial charge in [-0.25, -0.2) is 0 Å². The molecule has 5 heteroatoms. The number of carbonyl (C=O) groups is 1. The van der Waals surface area contributed by atoms with Crippen LogP contribution in [0.1, 0.15) is 35.6 Å². The molecule has 0 saturated heterocycles. The topological polar surface area (TPSA) is 58.6 Å². The summed E-state index contributed by atoms with van der Waals surface area (Å²) >= 11 is 5.91. The number of rotatable bonds is 5. The summed E-state index contributed by atoms with van der Waals surface area (Å²) in [5, 5.41) is 13.6. The zero-order valence-electron chi connectivity index (χ0n) is 14.5. The Morgan fingerprint density at radius 3 is 2.73 bits per heavy atom. The monoisotopic (exact) mass is 371 g/mol. The van der Waals surface area contributed by atoms with Crippen LogP contribution in [0.2, 0.25) is 5.02 Å². The summed E-state index contributed by atoms with van der Waals surface area (Å²) in [5.74, 6) is 1.18. The summed E-state index contributed by atoms with van der Waals surface area (Å²) < 4.78 is 5.58. The minimum atomic E-state index is -0.256. The third-order valence-electron chi connectivity index (χ3n) is 5.29. The fourth-order valence-electron chi connectivity index (χ4n) is 3.79. The quantitative estimate of drug-likeness (QED) is 0.846. The van der Waals surface area contributed by atoms with E-state index in [2.05, 4.69) is 11.4 Å². The molecule has 4 rings (SSSR count). The number of benzene rings is 2. The fraction of sp³-hybridized carbons (Fsp3) is 0.381. The average Bonchev–Trinajstić information content (AvgIpc) is 3.07. The number of aliphatic hydroxyl groups excluding tert-OH is 1. The second-order valence-corrected chi connectivity index (χ2v) is 7.64. The molecule has 1 heterocycles. The highest BCUT2D eigenvalue weighted by Crippen LogP contribution is 2.39. The molecule has 2 aromatic rings. The van der Waals surface area contributed by atoms with Gasteiger partial charge in [0.25, 0.3) is 0 Å². The normalized spacial score (nSPS) is 22.1. The van der Waals surface area contributed by atoms with Crippen molar-refractivity contribution < 1.29 is 14.6 Å². The summed E-state index contributed by atoms with van der Waals surface area (Å²) in [6, 6.07) is 13.4. The lowest BCUT2D eigenvalue weighted by atomic mass is 9.74. The van der Waals surface area contributed by atoms with Gasteiger partial charge >= 0.3 is 0 Å². The van der Waals surface area contributed by atoms with E-state index in [4.69, 9.17) is 16.3 Å². The van der Waals surface area contributed by atoms with Crippen molar-refractivity contribution in [1.29, 1.82) is 0 Å². The molecule has 0 bridgehead atoms. The molecule has 1 fully saturated rings. The van der Waals surface area contributed by atoms with E-state index in [0.717, 1.165) is 36.1 Å². The van der Waals surface area contributed by atoms with Gasteiger partial charge in [-0.15, -0.1) is 0 Å². The van der Waals surface area contributed by atoms with E-state index in [-0.39, 0.29) is 24.0 Å². The summed E-state index contributed by atoms with van der Waals surface area (Å²) in [5.41, 5.74) is 3.22. The van der Waals surface area contributed by atoms with Gasteiger partial charge in [0.1, 0.15) is 5.75 Å². The molecule has 1 atom stereocenters. The largest absolute Gasteiger partial charge is 0.493 e. The second kappa shape index (κ2) is 7.29. The molecule has 1 saturated carbocycles. The lowest BCUT2D eigenvalue weighted by molar-refractivity contribution is -0.122. The highest BCUT2D eigenvalue weighted by Gasteiger charge is 2.36. The first kappa shape index (κ1) is 17.4. The number of nitrogens with one attached hydrogen (secondary N) is 1. The van der Waals surface area contributed by atoms with E-state index < -0.39 is 0 Å². The van der Waals surface area contributed by atoms with E-state index in [1.165, 1.54) is 5.56 Å². The van der Waals surface area contributed by atoms with Crippen molar-refractivity contribution in [2.75, 3.05) is 6.61 Å². The third-order valence-corrected chi connectivity index (χ3v) is 5.54. The molecular weight excluding hydrogens is 350 g/mol. The van der Waals surface area contributed by atoms with Gasteiger partial charge in [-0.1, -0.05) is 29.8 Å². The number of hydrogen-bond donors (Lipinski definition) is 2. The molecule has 2 N–H and O–H groups in total. The number of amides is 1. The molecule has 2 aliphatic rings. The van der Waals surface area contributed by atoms with E-state index in [0.29, 0.717) is 18.1 Å². The van der Waals surface area contributed by atoms with Gasteiger partial charge < -0.3 is 15.2 Å². The fourth-order valence-corrected chi connectivity index (χ4v) is 3.91. The van der Waals surface area contributed by atoms with Gasteiger partial charge in [0.15, 0.2) is 0 Å². The lowest BCUT2D eigenvalue weighted by Gasteiger charge is -2.38. The standard InChI is InChI=1S/C21H22ClNO3/c22-17-4-1-13(2-5-17)9-20(25)23-21(16-11-18(24)12-16)15-3-6-19-14(10-15)7-8-26-19/h1-6,10,16,18,21,24H,7-9,11-12H2,(H,23,25). The van der Waals surface area contributed by atoms with Crippen molar-refractivity contribution in [3.05, 3.63) is 64.2 Å². The lowest BCUT2D eigenvalue weighted by Crippen LogP contribution is -2.41. The molecule has 1 aliphatic heterocycles. The van der Waals surface area contributed by atoms with Crippen molar-refractivity contribution in [2.45, 2.75) is 37.8 Å². The maximum atomic E-state index is 12.6. The Balaban J connectivity index is 1.50. The Labute approximate surface area is 158 Å². The van der Waals surface area contributed by atoms with Crippen molar-refractivity contribution >= 4 is 17.5 Å².